The monoisotopic (exact) mass is 274 g/mol. The molecule has 0 saturated carbocycles. The minimum absolute atomic E-state index is 0.0850. The molecule has 5 heteroatoms. The summed E-state index contributed by atoms with van der Waals surface area (Å²) in [7, 11) is 0. The summed E-state index contributed by atoms with van der Waals surface area (Å²) in [5, 5.41) is -0.242. The van der Waals surface area contributed by atoms with Crippen molar-refractivity contribution < 1.29 is 13.2 Å². The molecule has 0 amide bonds. The first-order valence-corrected chi connectivity index (χ1v) is 4.88. The molecule has 0 spiro atoms. The fraction of sp³-hybridized carbons (Fsp3) is 0.100. The van der Waals surface area contributed by atoms with Crippen LogP contribution in [0.2, 0.25) is 0 Å². The Hall–Kier alpha value is -1.23. The molecule has 0 atom stereocenters. The first-order valence-electron chi connectivity index (χ1n) is 4.08. The van der Waals surface area contributed by atoms with Crippen LogP contribution in [-0.2, 0) is 0 Å². The third-order valence-electron chi connectivity index (χ3n) is 1.98. The Morgan fingerprint density at radius 3 is 2.67 bits per heavy atom. The van der Waals surface area contributed by atoms with E-state index in [4.69, 9.17) is 4.42 Å². The van der Waals surface area contributed by atoms with Gasteiger partial charge in [0, 0.05) is 12.1 Å². The lowest BCUT2D eigenvalue weighted by Crippen LogP contribution is -2.04. The third kappa shape index (κ3) is 1.56. The van der Waals surface area contributed by atoms with E-state index in [9.17, 15) is 13.6 Å². The Balaban J connectivity index is 3.06. The molecule has 0 N–H and O–H groups in total. The highest BCUT2D eigenvalue weighted by molar-refractivity contribution is 9.10. The summed E-state index contributed by atoms with van der Waals surface area (Å²) in [5.74, 6) is -1.42. The van der Waals surface area contributed by atoms with Crippen LogP contribution in [0.25, 0.3) is 11.0 Å². The fourth-order valence-electron chi connectivity index (χ4n) is 1.34. The molecule has 0 saturated heterocycles. The van der Waals surface area contributed by atoms with E-state index in [1.54, 1.807) is 6.92 Å². The summed E-state index contributed by atoms with van der Waals surface area (Å²) in [5.41, 5.74) is -0.606. The van der Waals surface area contributed by atoms with E-state index in [1.165, 1.54) is 0 Å². The highest BCUT2D eigenvalue weighted by Crippen LogP contribution is 2.26. The quantitative estimate of drug-likeness (QED) is 0.691. The maximum atomic E-state index is 13.5. The van der Waals surface area contributed by atoms with Gasteiger partial charge in [-0.15, -0.1) is 0 Å². The first kappa shape index (κ1) is 10.3. The van der Waals surface area contributed by atoms with E-state index in [1.807, 2.05) is 0 Å². The zero-order valence-corrected chi connectivity index (χ0v) is 9.19. The van der Waals surface area contributed by atoms with Crippen molar-refractivity contribution in [3.8, 4) is 0 Å². The lowest BCUT2D eigenvalue weighted by atomic mass is 10.2. The molecule has 0 aliphatic heterocycles. The average molecular weight is 275 g/mol. The van der Waals surface area contributed by atoms with E-state index in [-0.39, 0.29) is 15.4 Å². The van der Waals surface area contributed by atoms with Gasteiger partial charge in [0.05, 0.1) is 4.47 Å². The second-order valence-corrected chi connectivity index (χ2v) is 3.87. The lowest BCUT2D eigenvalue weighted by molar-refractivity contribution is 0.541. The van der Waals surface area contributed by atoms with Crippen LogP contribution in [0.4, 0.5) is 8.78 Å². The Kier molecular flexibility index (Phi) is 2.34. The van der Waals surface area contributed by atoms with Gasteiger partial charge in [0.1, 0.15) is 22.5 Å². The zero-order chi connectivity index (χ0) is 11.2. The first-order chi connectivity index (χ1) is 7.00. The largest absolute Gasteiger partial charge is 0.461 e. The molecule has 2 aromatic rings. The topological polar surface area (TPSA) is 30.2 Å². The molecule has 0 fully saturated rings. The number of benzene rings is 1. The lowest BCUT2D eigenvalue weighted by Gasteiger charge is -2.02. The van der Waals surface area contributed by atoms with E-state index < -0.39 is 17.1 Å². The fourth-order valence-corrected chi connectivity index (χ4v) is 1.66. The minimum Gasteiger partial charge on any atom is -0.461 e. The second kappa shape index (κ2) is 3.41. The number of hydrogen-bond acceptors (Lipinski definition) is 2. The van der Waals surface area contributed by atoms with Crippen LogP contribution in [0.1, 0.15) is 5.76 Å². The highest BCUT2D eigenvalue weighted by atomic mass is 79.9. The van der Waals surface area contributed by atoms with Gasteiger partial charge in [-0.05, 0) is 22.9 Å². The van der Waals surface area contributed by atoms with Crippen molar-refractivity contribution in [2.75, 3.05) is 0 Å². The van der Waals surface area contributed by atoms with Crippen LogP contribution in [0, 0.1) is 18.6 Å². The molecular weight excluding hydrogens is 270 g/mol. The molecule has 0 unspecified atom stereocenters. The van der Waals surface area contributed by atoms with Crippen molar-refractivity contribution in [1.29, 1.82) is 0 Å². The van der Waals surface area contributed by atoms with Gasteiger partial charge >= 0.3 is 0 Å². The number of rotatable bonds is 0. The van der Waals surface area contributed by atoms with Crippen molar-refractivity contribution in [2.45, 2.75) is 6.92 Å². The smallest absolute Gasteiger partial charge is 0.195 e. The molecule has 1 heterocycles. The van der Waals surface area contributed by atoms with Gasteiger partial charge in [-0.25, -0.2) is 8.78 Å². The van der Waals surface area contributed by atoms with Crippen LogP contribution in [-0.4, -0.2) is 0 Å². The minimum atomic E-state index is -0.932. The van der Waals surface area contributed by atoms with Crippen LogP contribution >= 0.6 is 15.9 Å². The summed E-state index contributed by atoms with van der Waals surface area (Å²) in [6.07, 6.45) is 0. The van der Waals surface area contributed by atoms with E-state index in [0.29, 0.717) is 5.76 Å². The SMILES string of the molecule is Cc1cc(=O)c2c(F)c(Br)c(F)cc2o1. The standard InChI is InChI=1S/C10H5BrF2O2/c1-4-2-6(14)8-7(15-4)3-5(12)9(11)10(8)13/h2-3H,1H3. The molecule has 0 aliphatic carbocycles. The summed E-state index contributed by atoms with van der Waals surface area (Å²) in [6.45, 7) is 1.54. The Bertz CT molecular complexity index is 604. The normalized spacial score (nSPS) is 10.9. The molecular formula is C10H5BrF2O2. The Labute approximate surface area is 91.6 Å². The van der Waals surface area contributed by atoms with E-state index in [0.717, 1.165) is 12.1 Å². The highest BCUT2D eigenvalue weighted by Gasteiger charge is 2.15. The maximum absolute atomic E-state index is 13.5. The molecule has 0 radical (unpaired) electrons. The van der Waals surface area contributed by atoms with Gasteiger partial charge < -0.3 is 4.42 Å². The van der Waals surface area contributed by atoms with Crippen molar-refractivity contribution >= 4 is 26.9 Å². The molecule has 15 heavy (non-hydrogen) atoms. The van der Waals surface area contributed by atoms with Crippen LogP contribution < -0.4 is 5.43 Å². The van der Waals surface area contributed by atoms with E-state index in [2.05, 4.69) is 15.9 Å². The van der Waals surface area contributed by atoms with Crippen LogP contribution in [0.15, 0.2) is 25.8 Å². The van der Waals surface area contributed by atoms with Gasteiger partial charge in [-0.2, -0.15) is 0 Å². The maximum Gasteiger partial charge on any atom is 0.195 e. The predicted octanol–water partition coefficient (Wildman–Crippen LogP) is 3.14. The van der Waals surface area contributed by atoms with Gasteiger partial charge in [-0.1, -0.05) is 0 Å². The molecule has 1 aromatic carbocycles. The molecule has 2 nitrogen and oxygen atoms in total. The van der Waals surface area contributed by atoms with Crippen LogP contribution in [0.5, 0.6) is 0 Å². The predicted molar refractivity (Wildman–Crippen MR) is 54.8 cm³/mol. The summed E-state index contributed by atoms with van der Waals surface area (Å²) < 4.78 is 31.3. The molecule has 0 bridgehead atoms. The summed E-state index contributed by atoms with van der Waals surface area (Å²) >= 11 is 2.72. The van der Waals surface area contributed by atoms with Crippen molar-refractivity contribution in [2.24, 2.45) is 0 Å². The van der Waals surface area contributed by atoms with E-state index >= 15 is 0 Å². The molecule has 1 aromatic heterocycles. The van der Waals surface area contributed by atoms with Gasteiger partial charge in [0.2, 0.25) is 0 Å². The Morgan fingerprint density at radius 1 is 1.33 bits per heavy atom. The van der Waals surface area contributed by atoms with Gasteiger partial charge in [-0.3, -0.25) is 4.79 Å². The van der Waals surface area contributed by atoms with Crippen molar-refractivity contribution in [3.63, 3.8) is 0 Å². The third-order valence-corrected chi connectivity index (χ3v) is 2.70. The van der Waals surface area contributed by atoms with Gasteiger partial charge in [0.25, 0.3) is 0 Å². The number of halogens is 3. The molecule has 0 aliphatic rings. The Morgan fingerprint density at radius 2 is 2.00 bits per heavy atom. The summed E-state index contributed by atoms with van der Waals surface area (Å²) in [6, 6.07) is 2.15. The van der Waals surface area contributed by atoms with Gasteiger partial charge in [0.15, 0.2) is 11.2 Å². The molecule has 2 rings (SSSR count). The van der Waals surface area contributed by atoms with Crippen molar-refractivity contribution in [1.82, 2.24) is 0 Å². The van der Waals surface area contributed by atoms with Crippen LogP contribution in [0.3, 0.4) is 0 Å². The zero-order valence-electron chi connectivity index (χ0n) is 7.61. The molecule has 78 valence electrons. The second-order valence-electron chi connectivity index (χ2n) is 3.08. The number of aryl methyl sites for hydroxylation is 1. The summed E-state index contributed by atoms with van der Waals surface area (Å²) in [4.78, 5) is 11.4. The van der Waals surface area contributed by atoms with Crippen molar-refractivity contribution in [3.05, 3.63) is 44.2 Å². The number of fused-ring (bicyclic) bond motifs is 1. The number of hydrogen-bond donors (Lipinski definition) is 0. The average Bonchev–Trinajstić information content (AvgIpc) is 2.13.